The molecule has 0 aliphatic heterocycles. The van der Waals surface area contributed by atoms with Gasteiger partial charge >= 0.3 is 0 Å². The Labute approximate surface area is 96.3 Å². The minimum Gasteiger partial charge on any atom is -0.336 e. The van der Waals surface area contributed by atoms with Crippen LogP contribution in [0, 0.1) is 0 Å². The standard InChI is InChI=1S/C9H10N8/c1-2-16-6-7(3-11-16)12-8-4-10-5-9-13-14-15-17(8)9/h3-6,12H,2H2,1H3. The molecule has 3 heterocycles. The highest BCUT2D eigenvalue weighted by Gasteiger charge is 2.05. The molecule has 0 saturated heterocycles. The summed E-state index contributed by atoms with van der Waals surface area (Å²) in [5.41, 5.74) is 1.47. The largest absolute Gasteiger partial charge is 0.336 e. The van der Waals surface area contributed by atoms with Crippen LogP contribution in [0.25, 0.3) is 5.65 Å². The van der Waals surface area contributed by atoms with E-state index in [4.69, 9.17) is 0 Å². The van der Waals surface area contributed by atoms with Crippen molar-refractivity contribution in [3.8, 4) is 0 Å². The second kappa shape index (κ2) is 3.81. The number of anilines is 2. The van der Waals surface area contributed by atoms with Crippen molar-refractivity contribution in [2.75, 3.05) is 5.32 Å². The van der Waals surface area contributed by atoms with Gasteiger partial charge in [0.15, 0.2) is 11.5 Å². The first-order valence-corrected chi connectivity index (χ1v) is 5.18. The zero-order valence-electron chi connectivity index (χ0n) is 9.15. The molecule has 0 amide bonds. The van der Waals surface area contributed by atoms with Crippen LogP contribution in [0.5, 0.6) is 0 Å². The predicted octanol–water partition coefficient (Wildman–Crippen LogP) is 0.479. The Bertz CT molecular complexity index is 639. The van der Waals surface area contributed by atoms with Gasteiger partial charge in [-0.3, -0.25) is 9.67 Å². The van der Waals surface area contributed by atoms with Crippen LogP contribution >= 0.6 is 0 Å². The molecule has 0 aliphatic rings. The van der Waals surface area contributed by atoms with Crippen LogP contribution in [0.4, 0.5) is 11.5 Å². The zero-order chi connectivity index (χ0) is 11.7. The molecule has 0 saturated carbocycles. The fraction of sp³-hybridized carbons (Fsp3) is 0.222. The third kappa shape index (κ3) is 1.69. The summed E-state index contributed by atoms with van der Waals surface area (Å²) in [6.45, 7) is 2.86. The van der Waals surface area contributed by atoms with Gasteiger partial charge in [0.2, 0.25) is 0 Å². The Morgan fingerprint density at radius 2 is 2.24 bits per heavy atom. The van der Waals surface area contributed by atoms with Crippen LogP contribution in [0.15, 0.2) is 24.8 Å². The molecule has 0 aliphatic carbocycles. The molecule has 0 atom stereocenters. The van der Waals surface area contributed by atoms with E-state index in [1.54, 1.807) is 23.1 Å². The van der Waals surface area contributed by atoms with E-state index in [2.05, 4.69) is 30.9 Å². The normalized spacial score (nSPS) is 10.9. The molecule has 8 nitrogen and oxygen atoms in total. The zero-order valence-corrected chi connectivity index (χ0v) is 9.15. The Morgan fingerprint density at radius 1 is 1.29 bits per heavy atom. The molecular formula is C9H10N8. The minimum atomic E-state index is 0.595. The summed E-state index contributed by atoms with van der Waals surface area (Å²) in [6, 6.07) is 0. The van der Waals surface area contributed by atoms with Crippen LogP contribution < -0.4 is 5.32 Å². The van der Waals surface area contributed by atoms with Crippen molar-refractivity contribution in [3.05, 3.63) is 24.8 Å². The van der Waals surface area contributed by atoms with Gasteiger partial charge in [0.1, 0.15) is 0 Å². The van der Waals surface area contributed by atoms with E-state index in [9.17, 15) is 0 Å². The van der Waals surface area contributed by atoms with Crippen molar-refractivity contribution in [3.63, 3.8) is 0 Å². The Kier molecular flexibility index (Phi) is 2.18. The van der Waals surface area contributed by atoms with E-state index in [0.29, 0.717) is 11.5 Å². The number of rotatable bonds is 3. The summed E-state index contributed by atoms with van der Waals surface area (Å²) < 4.78 is 3.41. The second-order valence-electron chi connectivity index (χ2n) is 3.45. The molecule has 0 bridgehead atoms. The van der Waals surface area contributed by atoms with Crippen LogP contribution in [-0.4, -0.2) is 34.8 Å². The Balaban J connectivity index is 1.96. The molecular weight excluding hydrogens is 220 g/mol. The van der Waals surface area contributed by atoms with Crippen LogP contribution in [-0.2, 0) is 6.54 Å². The summed E-state index contributed by atoms with van der Waals surface area (Å²) in [4.78, 5) is 4.06. The smallest absolute Gasteiger partial charge is 0.199 e. The molecule has 8 heteroatoms. The molecule has 0 unspecified atom stereocenters. The van der Waals surface area contributed by atoms with Gasteiger partial charge in [0.05, 0.1) is 24.3 Å². The van der Waals surface area contributed by atoms with Crippen molar-refractivity contribution < 1.29 is 0 Å². The number of aryl methyl sites for hydroxylation is 1. The quantitative estimate of drug-likeness (QED) is 0.704. The molecule has 3 rings (SSSR count). The molecule has 0 fully saturated rings. The number of aromatic nitrogens is 7. The number of hydrogen-bond acceptors (Lipinski definition) is 6. The maximum atomic E-state index is 4.17. The number of fused-ring (bicyclic) bond motifs is 1. The Hall–Kier alpha value is -2.51. The minimum absolute atomic E-state index is 0.595. The lowest BCUT2D eigenvalue weighted by Gasteiger charge is -2.03. The van der Waals surface area contributed by atoms with Crippen LogP contribution in [0.2, 0.25) is 0 Å². The first-order valence-electron chi connectivity index (χ1n) is 5.18. The van der Waals surface area contributed by atoms with Gasteiger partial charge in [-0.1, -0.05) is 0 Å². The van der Waals surface area contributed by atoms with E-state index < -0.39 is 0 Å². The lowest BCUT2D eigenvalue weighted by atomic mass is 10.5. The fourth-order valence-corrected chi connectivity index (χ4v) is 1.51. The number of tetrazole rings is 1. The average molecular weight is 230 g/mol. The summed E-state index contributed by atoms with van der Waals surface area (Å²) in [6.07, 6.45) is 6.91. The molecule has 0 aromatic carbocycles. The van der Waals surface area contributed by atoms with E-state index in [1.807, 2.05) is 17.8 Å². The van der Waals surface area contributed by atoms with Crippen molar-refractivity contribution in [2.45, 2.75) is 13.5 Å². The van der Waals surface area contributed by atoms with E-state index in [-0.39, 0.29) is 0 Å². The van der Waals surface area contributed by atoms with Crippen molar-refractivity contribution >= 4 is 17.2 Å². The SMILES string of the molecule is CCn1cc(Nc2cncc3nnnn23)cn1. The lowest BCUT2D eigenvalue weighted by molar-refractivity contribution is 0.660. The van der Waals surface area contributed by atoms with Crippen LogP contribution in [0.1, 0.15) is 6.92 Å². The molecule has 0 spiro atoms. The number of hydrogen-bond donors (Lipinski definition) is 1. The molecule has 0 radical (unpaired) electrons. The monoisotopic (exact) mass is 230 g/mol. The summed E-state index contributed by atoms with van der Waals surface area (Å²) >= 11 is 0. The van der Waals surface area contributed by atoms with Gasteiger partial charge in [0, 0.05) is 12.7 Å². The molecule has 3 aromatic heterocycles. The molecule has 1 N–H and O–H groups in total. The lowest BCUT2D eigenvalue weighted by Crippen LogP contribution is -2.00. The average Bonchev–Trinajstić information content (AvgIpc) is 2.97. The summed E-state index contributed by atoms with van der Waals surface area (Å²) in [5.74, 6) is 0.697. The van der Waals surface area contributed by atoms with Gasteiger partial charge in [-0.15, -0.1) is 5.10 Å². The highest BCUT2D eigenvalue weighted by Crippen LogP contribution is 2.14. The predicted molar refractivity (Wildman–Crippen MR) is 59.8 cm³/mol. The highest BCUT2D eigenvalue weighted by molar-refractivity contribution is 5.55. The van der Waals surface area contributed by atoms with Gasteiger partial charge in [-0.05, 0) is 17.4 Å². The third-order valence-electron chi connectivity index (χ3n) is 2.34. The van der Waals surface area contributed by atoms with Crippen LogP contribution in [0.3, 0.4) is 0 Å². The first kappa shape index (κ1) is 9.70. The molecule has 17 heavy (non-hydrogen) atoms. The highest BCUT2D eigenvalue weighted by atomic mass is 15.5. The van der Waals surface area contributed by atoms with E-state index >= 15 is 0 Å². The third-order valence-corrected chi connectivity index (χ3v) is 2.34. The Morgan fingerprint density at radius 3 is 3.06 bits per heavy atom. The van der Waals surface area contributed by atoms with Crippen molar-refractivity contribution in [1.82, 2.24) is 34.8 Å². The van der Waals surface area contributed by atoms with Gasteiger partial charge in [-0.25, -0.2) is 0 Å². The van der Waals surface area contributed by atoms with Gasteiger partial charge in [0.25, 0.3) is 0 Å². The van der Waals surface area contributed by atoms with Crippen molar-refractivity contribution in [1.29, 1.82) is 0 Å². The van der Waals surface area contributed by atoms with E-state index in [1.165, 1.54) is 0 Å². The topological polar surface area (TPSA) is 85.8 Å². The van der Waals surface area contributed by atoms with Crippen molar-refractivity contribution in [2.24, 2.45) is 0 Å². The maximum Gasteiger partial charge on any atom is 0.199 e. The molecule has 3 aromatic rings. The fourth-order valence-electron chi connectivity index (χ4n) is 1.51. The van der Waals surface area contributed by atoms with E-state index in [0.717, 1.165) is 12.2 Å². The second-order valence-corrected chi connectivity index (χ2v) is 3.45. The summed E-state index contributed by atoms with van der Waals surface area (Å²) in [7, 11) is 0. The maximum absolute atomic E-state index is 4.17. The number of nitrogens with zero attached hydrogens (tertiary/aromatic N) is 7. The molecule has 86 valence electrons. The first-order chi connectivity index (χ1) is 8.36. The number of nitrogens with one attached hydrogen (secondary N) is 1. The van der Waals surface area contributed by atoms with Gasteiger partial charge < -0.3 is 5.32 Å². The van der Waals surface area contributed by atoms with Gasteiger partial charge in [-0.2, -0.15) is 9.61 Å². The summed E-state index contributed by atoms with van der Waals surface area (Å²) in [5, 5.41) is 18.6.